The second-order valence-electron chi connectivity index (χ2n) is 6.06. The van der Waals surface area contributed by atoms with Gasteiger partial charge in [-0.2, -0.15) is 4.52 Å². The van der Waals surface area contributed by atoms with Crippen molar-refractivity contribution < 1.29 is 9.53 Å². The highest BCUT2D eigenvalue weighted by Gasteiger charge is 2.49. The molecule has 7 nitrogen and oxygen atoms in total. The summed E-state index contributed by atoms with van der Waals surface area (Å²) in [6.45, 7) is 7.57. The Hall–Kier alpha value is -1.96. The summed E-state index contributed by atoms with van der Waals surface area (Å²) in [5.41, 5.74) is -0.719. The molecule has 0 saturated carbocycles. The molecule has 0 amide bonds. The highest BCUT2D eigenvalue weighted by Crippen LogP contribution is 2.41. The minimum atomic E-state index is -0.522. The third kappa shape index (κ3) is 2.60. The quantitative estimate of drug-likeness (QED) is 0.789. The van der Waals surface area contributed by atoms with Crippen LogP contribution in [0.15, 0.2) is 17.1 Å². The van der Waals surface area contributed by atoms with Crippen LogP contribution in [0.2, 0.25) is 0 Å². The number of aromatic nitrogens is 3. The molecule has 0 bridgehead atoms. The molecule has 0 radical (unpaired) electrons. The predicted octanol–water partition coefficient (Wildman–Crippen LogP) is 1.57. The molecular formula is C15H20N4O3S. The summed E-state index contributed by atoms with van der Waals surface area (Å²) in [5.74, 6) is 0.0238. The summed E-state index contributed by atoms with van der Waals surface area (Å²) >= 11 is 1.36. The first-order valence-corrected chi connectivity index (χ1v) is 8.56. The molecule has 0 N–H and O–H groups in total. The Kier molecular flexibility index (Phi) is 4.09. The van der Waals surface area contributed by atoms with Gasteiger partial charge in [-0.05, 0) is 19.3 Å². The summed E-state index contributed by atoms with van der Waals surface area (Å²) < 4.78 is 6.61. The zero-order valence-electron chi connectivity index (χ0n) is 13.5. The Morgan fingerprint density at radius 2 is 2.30 bits per heavy atom. The van der Waals surface area contributed by atoms with Crippen LogP contribution in [0, 0.1) is 11.3 Å². The van der Waals surface area contributed by atoms with Crippen LogP contribution in [-0.2, 0) is 9.53 Å². The number of nitrogens with zero attached hydrogens (tertiary/aromatic N) is 4. The van der Waals surface area contributed by atoms with Crippen molar-refractivity contribution in [1.82, 2.24) is 14.6 Å². The number of fused-ring (bicyclic) bond motifs is 1. The minimum absolute atomic E-state index is 0.145. The number of hydrogen-bond acceptors (Lipinski definition) is 7. The lowest BCUT2D eigenvalue weighted by Gasteiger charge is -2.30. The van der Waals surface area contributed by atoms with Crippen molar-refractivity contribution in [2.45, 2.75) is 27.2 Å². The van der Waals surface area contributed by atoms with Gasteiger partial charge in [-0.25, -0.2) is 4.98 Å². The fourth-order valence-corrected chi connectivity index (χ4v) is 3.91. The molecule has 0 aliphatic carbocycles. The van der Waals surface area contributed by atoms with E-state index in [1.807, 2.05) is 20.8 Å². The van der Waals surface area contributed by atoms with Gasteiger partial charge in [0, 0.05) is 25.4 Å². The SMILES string of the molecule is CCOC(=O)C1(C(C)C)CCN(c2nn3c(=O)ccnc3s2)C1. The van der Waals surface area contributed by atoms with Crippen LogP contribution in [0.4, 0.5) is 5.13 Å². The first-order valence-electron chi connectivity index (χ1n) is 7.75. The van der Waals surface area contributed by atoms with Gasteiger partial charge in [0.05, 0.1) is 12.0 Å². The van der Waals surface area contributed by atoms with Crippen LogP contribution >= 0.6 is 11.3 Å². The summed E-state index contributed by atoms with van der Waals surface area (Å²) in [7, 11) is 0. The topological polar surface area (TPSA) is 76.8 Å². The summed E-state index contributed by atoms with van der Waals surface area (Å²) in [6.07, 6.45) is 2.21. The molecule has 1 aliphatic rings. The van der Waals surface area contributed by atoms with Crippen LogP contribution in [-0.4, -0.2) is 40.3 Å². The van der Waals surface area contributed by atoms with Gasteiger partial charge in [-0.3, -0.25) is 9.59 Å². The lowest BCUT2D eigenvalue weighted by atomic mass is 9.76. The van der Waals surface area contributed by atoms with Crippen LogP contribution in [0.3, 0.4) is 0 Å². The van der Waals surface area contributed by atoms with Crippen molar-refractivity contribution in [2.24, 2.45) is 11.3 Å². The van der Waals surface area contributed by atoms with Gasteiger partial charge >= 0.3 is 5.97 Å². The molecule has 1 aliphatic heterocycles. The largest absolute Gasteiger partial charge is 0.466 e. The van der Waals surface area contributed by atoms with Gasteiger partial charge in [0.1, 0.15) is 0 Å². The third-order valence-electron chi connectivity index (χ3n) is 4.52. The molecule has 23 heavy (non-hydrogen) atoms. The molecule has 0 aromatic carbocycles. The molecule has 3 rings (SSSR count). The van der Waals surface area contributed by atoms with Crippen molar-refractivity contribution >= 4 is 27.4 Å². The van der Waals surface area contributed by atoms with E-state index >= 15 is 0 Å². The number of carbonyl (C=O) groups is 1. The van der Waals surface area contributed by atoms with Gasteiger partial charge in [0.25, 0.3) is 5.56 Å². The Morgan fingerprint density at radius 3 is 2.96 bits per heavy atom. The van der Waals surface area contributed by atoms with Gasteiger partial charge in [-0.15, -0.1) is 5.10 Å². The summed E-state index contributed by atoms with van der Waals surface area (Å²) in [4.78, 5) is 31.1. The predicted molar refractivity (Wildman–Crippen MR) is 87.9 cm³/mol. The van der Waals surface area contributed by atoms with E-state index in [1.54, 1.807) is 0 Å². The van der Waals surface area contributed by atoms with Crippen LogP contribution in [0.25, 0.3) is 4.96 Å². The van der Waals surface area contributed by atoms with E-state index in [2.05, 4.69) is 15.0 Å². The highest BCUT2D eigenvalue weighted by molar-refractivity contribution is 7.20. The molecule has 1 atom stereocenters. The Labute approximate surface area is 137 Å². The molecule has 1 saturated heterocycles. The lowest BCUT2D eigenvalue weighted by molar-refractivity contribution is -0.156. The van der Waals surface area contributed by atoms with Crippen molar-refractivity contribution in [3.05, 3.63) is 22.6 Å². The van der Waals surface area contributed by atoms with Crippen LogP contribution in [0.1, 0.15) is 27.2 Å². The standard InChI is InChI=1S/C15H20N4O3S/c1-4-22-12(21)15(10(2)3)6-8-18(9-15)14-17-19-11(20)5-7-16-13(19)23-14/h5,7,10H,4,6,8-9H2,1-3H3. The Balaban J connectivity index is 1.91. The van der Waals surface area contributed by atoms with E-state index in [-0.39, 0.29) is 17.4 Å². The second-order valence-corrected chi connectivity index (χ2v) is 7.00. The van der Waals surface area contributed by atoms with E-state index in [0.29, 0.717) is 29.8 Å². The summed E-state index contributed by atoms with van der Waals surface area (Å²) in [6, 6.07) is 1.39. The van der Waals surface area contributed by atoms with Gasteiger partial charge in [-0.1, -0.05) is 25.2 Å². The number of anilines is 1. The van der Waals surface area contributed by atoms with Crippen molar-refractivity contribution in [2.75, 3.05) is 24.6 Å². The highest BCUT2D eigenvalue weighted by atomic mass is 32.1. The fourth-order valence-electron chi connectivity index (χ4n) is 3.01. The number of rotatable bonds is 4. The molecule has 0 spiro atoms. The molecule has 2 aromatic rings. The van der Waals surface area contributed by atoms with Crippen LogP contribution < -0.4 is 10.5 Å². The van der Waals surface area contributed by atoms with E-state index in [0.717, 1.165) is 6.42 Å². The van der Waals surface area contributed by atoms with Crippen molar-refractivity contribution in [3.8, 4) is 0 Å². The first kappa shape index (κ1) is 15.9. The average molecular weight is 336 g/mol. The van der Waals surface area contributed by atoms with Crippen molar-refractivity contribution in [1.29, 1.82) is 0 Å². The maximum absolute atomic E-state index is 12.5. The van der Waals surface area contributed by atoms with Crippen molar-refractivity contribution in [3.63, 3.8) is 0 Å². The molecule has 1 fully saturated rings. The monoisotopic (exact) mass is 336 g/mol. The average Bonchev–Trinajstić information content (AvgIpc) is 3.13. The first-order chi connectivity index (χ1) is 11.0. The maximum Gasteiger partial charge on any atom is 0.314 e. The lowest BCUT2D eigenvalue weighted by Crippen LogP contribution is -2.40. The van der Waals surface area contributed by atoms with E-state index in [4.69, 9.17) is 4.74 Å². The molecular weight excluding hydrogens is 316 g/mol. The van der Waals surface area contributed by atoms with Gasteiger partial charge in [0.15, 0.2) is 0 Å². The minimum Gasteiger partial charge on any atom is -0.466 e. The number of hydrogen-bond donors (Lipinski definition) is 0. The second kappa shape index (κ2) is 5.92. The molecule has 3 heterocycles. The normalized spacial score (nSPS) is 21.3. The smallest absolute Gasteiger partial charge is 0.314 e. The Morgan fingerprint density at radius 1 is 1.52 bits per heavy atom. The third-order valence-corrected chi connectivity index (χ3v) is 5.50. The zero-order valence-corrected chi connectivity index (χ0v) is 14.3. The van der Waals surface area contributed by atoms with Gasteiger partial charge in [0.2, 0.25) is 10.1 Å². The van der Waals surface area contributed by atoms with E-state index < -0.39 is 5.41 Å². The van der Waals surface area contributed by atoms with E-state index in [1.165, 1.54) is 28.1 Å². The van der Waals surface area contributed by atoms with Crippen LogP contribution in [0.5, 0.6) is 0 Å². The number of esters is 1. The van der Waals surface area contributed by atoms with E-state index in [9.17, 15) is 9.59 Å². The number of carbonyl (C=O) groups excluding carboxylic acids is 1. The zero-order chi connectivity index (χ0) is 16.6. The molecule has 2 aromatic heterocycles. The Bertz CT molecular complexity index is 784. The molecule has 8 heteroatoms. The van der Waals surface area contributed by atoms with Gasteiger partial charge < -0.3 is 9.64 Å². The fraction of sp³-hybridized carbons (Fsp3) is 0.600. The summed E-state index contributed by atoms with van der Waals surface area (Å²) in [5, 5.41) is 5.07. The maximum atomic E-state index is 12.5. The molecule has 1 unspecified atom stereocenters. The molecule has 124 valence electrons. The number of ether oxygens (including phenoxy) is 1.